The quantitative estimate of drug-likeness (QED) is 0.834. The van der Waals surface area contributed by atoms with Crippen LogP contribution < -0.4 is 5.32 Å². The number of aliphatic hydroxyl groups is 1. The van der Waals surface area contributed by atoms with Crippen LogP contribution in [0.15, 0.2) is 18.3 Å². The van der Waals surface area contributed by atoms with E-state index in [1.165, 1.54) is 12.3 Å². The number of aromatic nitrogens is 1. The molecule has 0 aliphatic heterocycles. The molecule has 5 heteroatoms. The second-order valence-corrected chi connectivity index (χ2v) is 4.84. The van der Waals surface area contributed by atoms with Gasteiger partial charge in [0, 0.05) is 23.2 Å². The number of carbonyl (C=O) groups is 1. The molecule has 0 fully saturated rings. The topological polar surface area (TPSA) is 62.2 Å². The molecule has 0 saturated carbocycles. The molecule has 18 heavy (non-hydrogen) atoms. The van der Waals surface area contributed by atoms with Crippen LogP contribution in [0.1, 0.15) is 37.2 Å². The Morgan fingerprint density at radius 1 is 1.50 bits per heavy atom. The summed E-state index contributed by atoms with van der Waals surface area (Å²) in [6, 6.07) is 3.14. The number of nitrogens with zero attached hydrogens (tertiary/aromatic N) is 1. The zero-order valence-electron chi connectivity index (χ0n) is 10.7. The van der Waals surface area contributed by atoms with Crippen molar-refractivity contribution in [1.29, 1.82) is 0 Å². The van der Waals surface area contributed by atoms with E-state index in [4.69, 9.17) is 11.6 Å². The van der Waals surface area contributed by atoms with E-state index in [0.717, 1.165) is 12.8 Å². The lowest BCUT2D eigenvalue weighted by Gasteiger charge is -2.29. The summed E-state index contributed by atoms with van der Waals surface area (Å²) in [7, 11) is 0. The largest absolute Gasteiger partial charge is 0.396 e. The number of nitrogens with one attached hydrogen (secondary N) is 1. The van der Waals surface area contributed by atoms with Crippen LogP contribution in [0.25, 0.3) is 0 Å². The van der Waals surface area contributed by atoms with Crippen LogP contribution >= 0.6 is 11.6 Å². The number of carbonyl (C=O) groups excluding carboxylic acids is 1. The molecule has 0 aliphatic carbocycles. The standard InChI is InChI=1S/C13H19ClN2O2/c1-3-13(4-2,9-17)8-16-12(18)11-7-10(14)5-6-15-11/h5-7,17H,3-4,8-9H2,1-2H3,(H,16,18). The number of amides is 1. The Balaban J connectivity index is 2.66. The van der Waals surface area contributed by atoms with Gasteiger partial charge in [-0.15, -0.1) is 0 Å². The third kappa shape index (κ3) is 3.68. The van der Waals surface area contributed by atoms with Gasteiger partial charge in [0.1, 0.15) is 5.69 Å². The normalized spacial score (nSPS) is 11.3. The predicted molar refractivity (Wildman–Crippen MR) is 71.7 cm³/mol. The van der Waals surface area contributed by atoms with Gasteiger partial charge in [-0.05, 0) is 25.0 Å². The van der Waals surface area contributed by atoms with Crippen molar-refractivity contribution in [1.82, 2.24) is 10.3 Å². The summed E-state index contributed by atoms with van der Waals surface area (Å²) in [6.07, 6.45) is 3.11. The highest BCUT2D eigenvalue weighted by molar-refractivity contribution is 6.30. The second kappa shape index (κ2) is 6.71. The lowest BCUT2D eigenvalue weighted by atomic mass is 9.83. The summed E-state index contributed by atoms with van der Waals surface area (Å²) in [5.41, 5.74) is 0.0374. The molecule has 0 spiro atoms. The Kier molecular flexibility index (Phi) is 5.56. The first-order chi connectivity index (χ1) is 8.56. The molecule has 0 atom stereocenters. The van der Waals surface area contributed by atoms with E-state index in [2.05, 4.69) is 10.3 Å². The van der Waals surface area contributed by atoms with Gasteiger partial charge in [0.2, 0.25) is 0 Å². The van der Waals surface area contributed by atoms with Gasteiger partial charge in [-0.25, -0.2) is 0 Å². The lowest BCUT2D eigenvalue weighted by Crippen LogP contribution is -2.39. The molecule has 0 unspecified atom stereocenters. The molecule has 1 heterocycles. The number of hydrogen-bond acceptors (Lipinski definition) is 3. The van der Waals surface area contributed by atoms with Gasteiger partial charge in [0.05, 0.1) is 6.61 Å². The fourth-order valence-electron chi connectivity index (χ4n) is 1.67. The highest BCUT2D eigenvalue weighted by Crippen LogP contribution is 2.24. The van der Waals surface area contributed by atoms with Gasteiger partial charge in [-0.1, -0.05) is 25.4 Å². The van der Waals surface area contributed by atoms with Gasteiger partial charge in [-0.2, -0.15) is 0 Å². The Hall–Kier alpha value is -1.13. The van der Waals surface area contributed by atoms with Crippen LogP contribution in [0.4, 0.5) is 0 Å². The zero-order chi connectivity index (χ0) is 13.6. The fourth-order valence-corrected chi connectivity index (χ4v) is 1.83. The maximum absolute atomic E-state index is 11.9. The molecular formula is C13H19ClN2O2. The Morgan fingerprint density at radius 3 is 2.67 bits per heavy atom. The molecule has 1 aromatic rings. The minimum absolute atomic E-state index is 0.0588. The van der Waals surface area contributed by atoms with E-state index in [9.17, 15) is 9.90 Å². The van der Waals surface area contributed by atoms with Crippen molar-refractivity contribution in [3.05, 3.63) is 29.0 Å². The fraction of sp³-hybridized carbons (Fsp3) is 0.538. The lowest BCUT2D eigenvalue weighted by molar-refractivity contribution is 0.0847. The first-order valence-electron chi connectivity index (χ1n) is 6.07. The van der Waals surface area contributed by atoms with Crippen molar-refractivity contribution in [2.45, 2.75) is 26.7 Å². The van der Waals surface area contributed by atoms with E-state index >= 15 is 0 Å². The third-order valence-electron chi connectivity index (χ3n) is 3.41. The van der Waals surface area contributed by atoms with Crippen molar-refractivity contribution in [2.75, 3.05) is 13.2 Å². The first kappa shape index (κ1) is 14.9. The smallest absolute Gasteiger partial charge is 0.269 e. The minimum Gasteiger partial charge on any atom is -0.396 e. The highest BCUT2D eigenvalue weighted by Gasteiger charge is 2.26. The molecular weight excluding hydrogens is 252 g/mol. The number of hydrogen-bond donors (Lipinski definition) is 2. The van der Waals surface area contributed by atoms with Gasteiger partial charge in [0.25, 0.3) is 5.91 Å². The average Bonchev–Trinajstić information content (AvgIpc) is 2.40. The van der Waals surface area contributed by atoms with Crippen LogP contribution in [0, 0.1) is 5.41 Å². The number of aliphatic hydroxyl groups excluding tert-OH is 1. The summed E-state index contributed by atoms with van der Waals surface area (Å²) in [6.45, 7) is 4.50. The van der Waals surface area contributed by atoms with Crippen LogP contribution in [-0.4, -0.2) is 29.1 Å². The van der Waals surface area contributed by atoms with E-state index in [1.807, 2.05) is 13.8 Å². The monoisotopic (exact) mass is 270 g/mol. The number of rotatable bonds is 6. The van der Waals surface area contributed by atoms with Crippen molar-refractivity contribution in [2.24, 2.45) is 5.41 Å². The van der Waals surface area contributed by atoms with Gasteiger partial charge in [0.15, 0.2) is 0 Å². The molecule has 4 nitrogen and oxygen atoms in total. The van der Waals surface area contributed by atoms with E-state index in [-0.39, 0.29) is 17.9 Å². The molecule has 0 aliphatic rings. The van der Waals surface area contributed by atoms with Crippen LogP contribution in [-0.2, 0) is 0 Å². The van der Waals surface area contributed by atoms with E-state index < -0.39 is 0 Å². The SMILES string of the molecule is CCC(CC)(CO)CNC(=O)c1cc(Cl)ccn1. The molecule has 0 saturated heterocycles. The summed E-state index contributed by atoms with van der Waals surface area (Å²) in [5, 5.41) is 12.7. The molecule has 100 valence electrons. The molecule has 0 aromatic carbocycles. The van der Waals surface area contributed by atoms with Crippen LogP contribution in [0.3, 0.4) is 0 Å². The van der Waals surface area contributed by atoms with Crippen LogP contribution in [0.5, 0.6) is 0 Å². The second-order valence-electron chi connectivity index (χ2n) is 4.41. The number of pyridine rings is 1. The molecule has 1 rings (SSSR count). The van der Waals surface area contributed by atoms with Crippen molar-refractivity contribution < 1.29 is 9.90 Å². The number of halogens is 1. The minimum atomic E-state index is -0.266. The van der Waals surface area contributed by atoms with Crippen LogP contribution in [0.2, 0.25) is 5.02 Å². The molecule has 1 amide bonds. The Labute approximate surface area is 112 Å². The summed E-state index contributed by atoms with van der Waals surface area (Å²) >= 11 is 5.80. The maximum Gasteiger partial charge on any atom is 0.269 e. The molecule has 0 radical (unpaired) electrons. The van der Waals surface area contributed by atoms with Gasteiger partial charge < -0.3 is 10.4 Å². The van der Waals surface area contributed by atoms with Gasteiger partial charge in [-0.3, -0.25) is 9.78 Å². The van der Waals surface area contributed by atoms with Crippen molar-refractivity contribution in [3.63, 3.8) is 0 Å². The predicted octanol–water partition coefficient (Wildman–Crippen LogP) is 2.26. The Bertz CT molecular complexity index is 397. The molecule has 1 aromatic heterocycles. The molecule has 2 N–H and O–H groups in total. The molecule has 0 bridgehead atoms. The third-order valence-corrected chi connectivity index (χ3v) is 3.65. The van der Waals surface area contributed by atoms with E-state index in [1.54, 1.807) is 6.07 Å². The van der Waals surface area contributed by atoms with E-state index in [0.29, 0.717) is 17.3 Å². The van der Waals surface area contributed by atoms with Gasteiger partial charge >= 0.3 is 0 Å². The summed E-state index contributed by atoms with van der Waals surface area (Å²) < 4.78 is 0. The highest BCUT2D eigenvalue weighted by atomic mass is 35.5. The average molecular weight is 271 g/mol. The zero-order valence-corrected chi connectivity index (χ0v) is 11.5. The maximum atomic E-state index is 11.9. The van der Waals surface area contributed by atoms with Crippen molar-refractivity contribution in [3.8, 4) is 0 Å². The first-order valence-corrected chi connectivity index (χ1v) is 6.45. The summed E-state index contributed by atoms with van der Waals surface area (Å²) in [5.74, 6) is -0.266. The Morgan fingerprint density at radius 2 is 2.17 bits per heavy atom. The summed E-state index contributed by atoms with van der Waals surface area (Å²) in [4.78, 5) is 15.8. The van der Waals surface area contributed by atoms with Crippen molar-refractivity contribution >= 4 is 17.5 Å².